The van der Waals surface area contributed by atoms with Crippen LogP contribution in [0.1, 0.15) is 15.9 Å². The van der Waals surface area contributed by atoms with Crippen molar-refractivity contribution in [1.82, 2.24) is 4.90 Å². The third kappa shape index (κ3) is 3.46. The molecule has 0 aliphatic carbocycles. The molecule has 0 saturated heterocycles. The minimum Gasteiger partial charge on any atom is -0.483 e. The zero-order chi connectivity index (χ0) is 16.9. The lowest BCUT2D eigenvalue weighted by molar-refractivity contribution is -0.132. The van der Waals surface area contributed by atoms with Gasteiger partial charge in [0.2, 0.25) is 0 Å². The molecule has 0 atom stereocenters. The predicted octanol–water partition coefficient (Wildman–Crippen LogP) is 3.75. The molecule has 0 radical (unpaired) electrons. The molecule has 0 saturated carbocycles. The number of ether oxygens (including phenoxy) is 1. The fourth-order valence-corrected chi connectivity index (χ4v) is 3.18. The largest absolute Gasteiger partial charge is 0.483 e. The van der Waals surface area contributed by atoms with Gasteiger partial charge in [0.25, 0.3) is 5.91 Å². The molecule has 3 rings (SSSR count). The fraction of sp³-hybridized carbons (Fsp3) is 0.158. The molecule has 0 aliphatic rings. The third-order valence-corrected chi connectivity index (χ3v) is 4.56. The Morgan fingerprint density at radius 3 is 2.79 bits per heavy atom. The smallest absolute Gasteiger partial charge is 0.260 e. The van der Waals surface area contributed by atoms with Gasteiger partial charge in [0, 0.05) is 13.6 Å². The maximum atomic E-state index is 12.2. The van der Waals surface area contributed by atoms with Crippen molar-refractivity contribution in [2.24, 2.45) is 0 Å². The number of likely N-dealkylation sites (N-methyl/N-ethyl adjacent to an activating group) is 1. The van der Waals surface area contributed by atoms with Gasteiger partial charge in [-0.2, -0.15) is 11.3 Å². The Morgan fingerprint density at radius 2 is 2.04 bits per heavy atom. The molecule has 2 aromatic carbocycles. The molecule has 1 heterocycles. The third-order valence-electron chi connectivity index (χ3n) is 3.83. The summed E-state index contributed by atoms with van der Waals surface area (Å²) in [5.41, 5.74) is 1.57. The molecular weight excluding hydrogens is 322 g/mol. The van der Waals surface area contributed by atoms with Gasteiger partial charge in [-0.1, -0.05) is 30.3 Å². The first-order valence-electron chi connectivity index (χ1n) is 7.54. The topological polar surface area (TPSA) is 46.6 Å². The first-order valence-corrected chi connectivity index (χ1v) is 8.48. The number of hydrogen-bond donors (Lipinski definition) is 0. The lowest BCUT2D eigenvalue weighted by atomic mass is 10.0. The second-order valence-corrected chi connectivity index (χ2v) is 6.27. The van der Waals surface area contributed by atoms with Crippen molar-refractivity contribution >= 4 is 34.3 Å². The molecule has 1 aromatic heterocycles. The minimum atomic E-state index is -0.133. The van der Waals surface area contributed by atoms with E-state index >= 15 is 0 Å². The standard InChI is InChI=1S/C19H17NO3S/c1-20(10-14-8-9-24-13-14)19(22)12-23-18-7-6-15-4-2-3-5-16(15)17(18)11-21/h2-9,11,13H,10,12H2,1H3. The lowest BCUT2D eigenvalue weighted by Crippen LogP contribution is -2.30. The summed E-state index contributed by atoms with van der Waals surface area (Å²) in [4.78, 5) is 25.3. The van der Waals surface area contributed by atoms with Crippen LogP contribution in [-0.2, 0) is 11.3 Å². The Bertz CT molecular complexity index is 858. The summed E-state index contributed by atoms with van der Waals surface area (Å²) in [6, 6.07) is 13.2. The molecule has 0 fully saturated rings. The molecule has 5 heteroatoms. The summed E-state index contributed by atoms with van der Waals surface area (Å²) in [6.45, 7) is 0.448. The lowest BCUT2D eigenvalue weighted by Gasteiger charge is -2.17. The van der Waals surface area contributed by atoms with E-state index < -0.39 is 0 Å². The number of nitrogens with zero attached hydrogens (tertiary/aromatic N) is 1. The highest BCUT2D eigenvalue weighted by Gasteiger charge is 2.13. The maximum Gasteiger partial charge on any atom is 0.260 e. The quantitative estimate of drug-likeness (QED) is 0.643. The van der Waals surface area contributed by atoms with E-state index in [0.717, 1.165) is 22.6 Å². The molecule has 0 unspecified atom stereocenters. The first-order chi connectivity index (χ1) is 11.7. The van der Waals surface area contributed by atoms with E-state index in [1.165, 1.54) is 0 Å². The van der Waals surface area contributed by atoms with E-state index in [9.17, 15) is 9.59 Å². The minimum absolute atomic E-state index is 0.0974. The molecule has 0 N–H and O–H groups in total. The van der Waals surface area contributed by atoms with Crippen LogP contribution < -0.4 is 4.74 Å². The normalized spacial score (nSPS) is 10.5. The fourth-order valence-electron chi connectivity index (χ4n) is 2.52. The summed E-state index contributed by atoms with van der Waals surface area (Å²) in [6.07, 6.45) is 0.775. The van der Waals surface area contributed by atoms with Crippen molar-refractivity contribution in [1.29, 1.82) is 0 Å². The molecule has 24 heavy (non-hydrogen) atoms. The molecule has 1 amide bonds. The van der Waals surface area contributed by atoms with Crippen molar-refractivity contribution in [3.05, 3.63) is 64.4 Å². The average molecular weight is 339 g/mol. The molecule has 3 aromatic rings. The van der Waals surface area contributed by atoms with Crippen LogP contribution in [0.5, 0.6) is 5.75 Å². The van der Waals surface area contributed by atoms with Crippen molar-refractivity contribution < 1.29 is 14.3 Å². The van der Waals surface area contributed by atoms with Crippen LogP contribution in [0.15, 0.2) is 53.2 Å². The molecular formula is C19H17NO3S. The Kier molecular flexibility index (Phi) is 4.91. The highest BCUT2D eigenvalue weighted by molar-refractivity contribution is 7.07. The number of carbonyl (C=O) groups excluding carboxylic acids is 2. The summed E-state index contributed by atoms with van der Waals surface area (Å²) in [5.74, 6) is 0.298. The maximum absolute atomic E-state index is 12.2. The van der Waals surface area contributed by atoms with Gasteiger partial charge < -0.3 is 9.64 Å². The van der Waals surface area contributed by atoms with E-state index in [4.69, 9.17) is 4.74 Å². The van der Waals surface area contributed by atoms with E-state index in [-0.39, 0.29) is 12.5 Å². The average Bonchev–Trinajstić information content (AvgIpc) is 3.11. The molecule has 0 aliphatic heterocycles. The Morgan fingerprint density at radius 1 is 1.21 bits per heavy atom. The summed E-state index contributed by atoms with van der Waals surface area (Å²) < 4.78 is 5.62. The summed E-state index contributed by atoms with van der Waals surface area (Å²) in [7, 11) is 1.74. The van der Waals surface area contributed by atoms with Gasteiger partial charge in [0.1, 0.15) is 5.75 Å². The SMILES string of the molecule is CN(Cc1ccsc1)C(=O)COc1ccc2ccccc2c1C=O. The summed E-state index contributed by atoms with van der Waals surface area (Å²) >= 11 is 1.60. The van der Waals surface area contributed by atoms with E-state index in [2.05, 4.69) is 0 Å². The number of thiophene rings is 1. The van der Waals surface area contributed by atoms with Crippen LogP contribution in [-0.4, -0.2) is 30.7 Å². The number of rotatable bonds is 6. The zero-order valence-corrected chi connectivity index (χ0v) is 14.1. The van der Waals surface area contributed by atoms with Gasteiger partial charge in [-0.25, -0.2) is 0 Å². The van der Waals surface area contributed by atoms with Crippen molar-refractivity contribution in [3.63, 3.8) is 0 Å². The molecule has 0 bridgehead atoms. The number of aldehydes is 1. The monoisotopic (exact) mass is 339 g/mol. The Hall–Kier alpha value is -2.66. The van der Waals surface area contributed by atoms with Crippen LogP contribution in [0.25, 0.3) is 10.8 Å². The summed E-state index contributed by atoms with van der Waals surface area (Å²) in [5, 5.41) is 5.78. The second-order valence-electron chi connectivity index (χ2n) is 5.49. The van der Waals surface area contributed by atoms with Gasteiger partial charge in [-0.05, 0) is 39.2 Å². The number of carbonyl (C=O) groups is 2. The number of fused-ring (bicyclic) bond motifs is 1. The van der Waals surface area contributed by atoms with Gasteiger partial charge in [0.05, 0.1) is 5.56 Å². The van der Waals surface area contributed by atoms with Crippen molar-refractivity contribution in [2.45, 2.75) is 6.54 Å². The zero-order valence-electron chi connectivity index (χ0n) is 13.3. The van der Waals surface area contributed by atoms with Crippen molar-refractivity contribution in [3.8, 4) is 5.75 Å². The van der Waals surface area contributed by atoms with Crippen molar-refractivity contribution in [2.75, 3.05) is 13.7 Å². The second kappa shape index (κ2) is 7.27. The highest BCUT2D eigenvalue weighted by atomic mass is 32.1. The van der Waals surface area contributed by atoms with Gasteiger partial charge >= 0.3 is 0 Å². The van der Waals surface area contributed by atoms with Gasteiger partial charge in [-0.3, -0.25) is 9.59 Å². The van der Waals surface area contributed by atoms with Crippen LogP contribution in [0, 0.1) is 0 Å². The van der Waals surface area contributed by atoms with Crippen LogP contribution in [0.2, 0.25) is 0 Å². The van der Waals surface area contributed by atoms with Crippen LogP contribution in [0.3, 0.4) is 0 Å². The van der Waals surface area contributed by atoms with E-state index in [1.807, 2.05) is 47.2 Å². The van der Waals surface area contributed by atoms with E-state index in [1.54, 1.807) is 29.4 Å². The number of amides is 1. The Labute approximate surface area is 144 Å². The van der Waals surface area contributed by atoms with Crippen LogP contribution >= 0.6 is 11.3 Å². The first kappa shape index (κ1) is 16.2. The van der Waals surface area contributed by atoms with Gasteiger partial charge in [0.15, 0.2) is 12.9 Å². The highest BCUT2D eigenvalue weighted by Crippen LogP contribution is 2.26. The van der Waals surface area contributed by atoms with Crippen LogP contribution in [0.4, 0.5) is 0 Å². The molecule has 122 valence electrons. The molecule has 0 spiro atoms. The number of benzene rings is 2. The predicted molar refractivity (Wildman–Crippen MR) is 95.6 cm³/mol. The number of hydrogen-bond acceptors (Lipinski definition) is 4. The Balaban J connectivity index is 1.71. The van der Waals surface area contributed by atoms with Gasteiger partial charge in [-0.15, -0.1) is 0 Å². The molecule has 4 nitrogen and oxygen atoms in total. The van der Waals surface area contributed by atoms with E-state index in [0.29, 0.717) is 17.9 Å².